The molecule has 0 saturated carbocycles. The van der Waals surface area contributed by atoms with Crippen LogP contribution in [0, 0.1) is 11.6 Å². The van der Waals surface area contributed by atoms with Crippen molar-refractivity contribution >= 4 is 5.69 Å². The summed E-state index contributed by atoms with van der Waals surface area (Å²) in [6, 6.07) is 9.25. The van der Waals surface area contributed by atoms with Gasteiger partial charge in [-0.15, -0.1) is 0 Å². The number of benzene rings is 2. The van der Waals surface area contributed by atoms with E-state index >= 15 is 0 Å². The van der Waals surface area contributed by atoms with Crippen molar-refractivity contribution in [2.75, 3.05) is 12.8 Å². The van der Waals surface area contributed by atoms with Crippen molar-refractivity contribution in [1.82, 2.24) is 0 Å². The highest BCUT2D eigenvalue weighted by molar-refractivity contribution is 5.41. The standard InChI is InChI=1S/C14H13F2NO/c1-18-14-8-12(15)10(7-13(14)16)6-9-2-4-11(17)5-3-9/h2-5,7-8H,6,17H2,1H3. The van der Waals surface area contributed by atoms with Crippen molar-refractivity contribution in [2.45, 2.75) is 6.42 Å². The lowest BCUT2D eigenvalue weighted by molar-refractivity contribution is 0.382. The van der Waals surface area contributed by atoms with Crippen LogP contribution in [0.15, 0.2) is 36.4 Å². The normalized spacial score (nSPS) is 10.4. The second kappa shape index (κ2) is 5.04. The first kappa shape index (κ1) is 12.4. The SMILES string of the molecule is COc1cc(F)c(Cc2ccc(N)cc2)cc1F. The van der Waals surface area contributed by atoms with Crippen molar-refractivity contribution in [3.8, 4) is 5.75 Å². The molecule has 0 aliphatic rings. The molecule has 18 heavy (non-hydrogen) atoms. The maximum Gasteiger partial charge on any atom is 0.165 e. The third kappa shape index (κ3) is 2.59. The van der Waals surface area contributed by atoms with Crippen LogP contribution in [0.4, 0.5) is 14.5 Å². The second-order valence-electron chi connectivity index (χ2n) is 4.00. The molecular formula is C14H13F2NO. The number of nitrogen functional groups attached to an aromatic ring is 1. The molecule has 0 bridgehead atoms. The third-order valence-corrected chi connectivity index (χ3v) is 2.70. The second-order valence-corrected chi connectivity index (χ2v) is 4.00. The van der Waals surface area contributed by atoms with Crippen LogP contribution in [0.2, 0.25) is 0 Å². The number of hydrogen-bond acceptors (Lipinski definition) is 2. The van der Waals surface area contributed by atoms with Crippen LogP contribution in [-0.4, -0.2) is 7.11 Å². The van der Waals surface area contributed by atoms with Crippen LogP contribution in [0.1, 0.15) is 11.1 Å². The van der Waals surface area contributed by atoms with E-state index < -0.39 is 11.6 Å². The molecule has 0 amide bonds. The average molecular weight is 249 g/mol. The molecule has 2 rings (SSSR count). The molecule has 94 valence electrons. The van der Waals surface area contributed by atoms with Gasteiger partial charge in [0.2, 0.25) is 0 Å². The smallest absolute Gasteiger partial charge is 0.165 e. The van der Waals surface area contributed by atoms with Crippen LogP contribution in [0.25, 0.3) is 0 Å². The first-order chi connectivity index (χ1) is 8.60. The van der Waals surface area contributed by atoms with Crippen LogP contribution in [0.5, 0.6) is 5.75 Å². The van der Waals surface area contributed by atoms with Crippen LogP contribution >= 0.6 is 0 Å². The topological polar surface area (TPSA) is 35.2 Å². The summed E-state index contributed by atoms with van der Waals surface area (Å²) in [4.78, 5) is 0. The molecular weight excluding hydrogens is 236 g/mol. The van der Waals surface area contributed by atoms with E-state index in [1.54, 1.807) is 24.3 Å². The van der Waals surface area contributed by atoms with Gasteiger partial charge >= 0.3 is 0 Å². The molecule has 0 aliphatic carbocycles. The zero-order valence-corrected chi connectivity index (χ0v) is 9.91. The van der Waals surface area contributed by atoms with Crippen molar-refractivity contribution in [1.29, 1.82) is 0 Å². The van der Waals surface area contributed by atoms with Crippen molar-refractivity contribution in [2.24, 2.45) is 0 Å². The Morgan fingerprint density at radius 1 is 1.06 bits per heavy atom. The van der Waals surface area contributed by atoms with Crippen molar-refractivity contribution < 1.29 is 13.5 Å². The highest BCUT2D eigenvalue weighted by Gasteiger charge is 2.10. The molecule has 4 heteroatoms. The molecule has 0 heterocycles. The van der Waals surface area contributed by atoms with Gasteiger partial charge < -0.3 is 10.5 Å². The Bertz CT molecular complexity index is 552. The molecule has 2 nitrogen and oxygen atoms in total. The lowest BCUT2D eigenvalue weighted by Crippen LogP contribution is -1.97. The first-order valence-electron chi connectivity index (χ1n) is 5.46. The fourth-order valence-electron chi connectivity index (χ4n) is 1.72. The summed E-state index contributed by atoms with van der Waals surface area (Å²) in [5.74, 6) is -1.14. The van der Waals surface area contributed by atoms with Gasteiger partial charge in [0.1, 0.15) is 5.82 Å². The molecule has 2 N–H and O–H groups in total. The third-order valence-electron chi connectivity index (χ3n) is 2.70. The molecule has 0 aromatic heterocycles. The Morgan fingerprint density at radius 3 is 2.33 bits per heavy atom. The van der Waals surface area contributed by atoms with Crippen LogP contribution < -0.4 is 10.5 Å². The average Bonchev–Trinajstić information content (AvgIpc) is 2.36. The lowest BCUT2D eigenvalue weighted by Gasteiger charge is -2.07. The number of hydrogen-bond donors (Lipinski definition) is 1. The number of halogens is 2. The number of methoxy groups -OCH3 is 1. The van der Waals surface area contributed by atoms with Gasteiger partial charge in [-0.2, -0.15) is 0 Å². The fraction of sp³-hybridized carbons (Fsp3) is 0.143. The van der Waals surface area contributed by atoms with Crippen molar-refractivity contribution in [3.05, 3.63) is 59.2 Å². The molecule has 0 spiro atoms. The molecule has 0 saturated heterocycles. The number of nitrogens with two attached hydrogens (primary N) is 1. The maximum atomic E-state index is 13.7. The molecule has 2 aromatic rings. The van der Waals surface area contributed by atoms with Gasteiger partial charge in [0.05, 0.1) is 7.11 Å². The molecule has 0 unspecified atom stereocenters. The van der Waals surface area contributed by atoms with Gasteiger partial charge in [0.25, 0.3) is 0 Å². The van der Waals surface area contributed by atoms with Gasteiger partial charge in [0, 0.05) is 18.2 Å². The summed E-state index contributed by atoms with van der Waals surface area (Å²) in [6.07, 6.45) is 0.313. The highest BCUT2D eigenvalue weighted by Crippen LogP contribution is 2.23. The molecule has 0 atom stereocenters. The van der Waals surface area contributed by atoms with Crippen molar-refractivity contribution in [3.63, 3.8) is 0 Å². The number of ether oxygens (including phenoxy) is 1. The minimum Gasteiger partial charge on any atom is -0.494 e. The predicted molar refractivity (Wildman–Crippen MR) is 66.6 cm³/mol. The number of anilines is 1. The molecule has 0 aliphatic heterocycles. The summed E-state index contributed by atoms with van der Waals surface area (Å²) in [6.45, 7) is 0. The van der Waals surface area contributed by atoms with E-state index in [2.05, 4.69) is 0 Å². The van der Waals surface area contributed by atoms with Gasteiger partial charge in [-0.05, 0) is 29.3 Å². The Morgan fingerprint density at radius 2 is 1.72 bits per heavy atom. The van der Waals surface area contributed by atoms with E-state index in [1.807, 2.05) is 0 Å². The number of rotatable bonds is 3. The van der Waals surface area contributed by atoms with E-state index in [0.29, 0.717) is 12.1 Å². The monoisotopic (exact) mass is 249 g/mol. The zero-order chi connectivity index (χ0) is 13.1. The van der Waals surface area contributed by atoms with E-state index in [0.717, 1.165) is 17.7 Å². The van der Waals surface area contributed by atoms with Gasteiger partial charge in [0.15, 0.2) is 11.6 Å². The van der Waals surface area contributed by atoms with Crippen LogP contribution in [-0.2, 0) is 6.42 Å². The van der Waals surface area contributed by atoms with E-state index in [4.69, 9.17) is 10.5 Å². The summed E-state index contributed by atoms with van der Waals surface area (Å²) in [5.41, 5.74) is 7.36. The lowest BCUT2D eigenvalue weighted by atomic mass is 10.0. The largest absolute Gasteiger partial charge is 0.494 e. The van der Waals surface area contributed by atoms with Crippen LogP contribution in [0.3, 0.4) is 0 Å². The Kier molecular flexibility index (Phi) is 3.46. The summed E-state index contributed by atoms with van der Waals surface area (Å²) in [7, 11) is 1.30. The Labute approximate surface area is 104 Å². The Balaban J connectivity index is 2.29. The summed E-state index contributed by atoms with van der Waals surface area (Å²) >= 11 is 0. The predicted octanol–water partition coefficient (Wildman–Crippen LogP) is 3.15. The summed E-state index contributed by atoms with van der Waals surface area (Å²) in [5, 5.41) is 0. The quantitative estimate of drug-likeness (QED) is 0.848. The van der Waals surface area contributed by atoms with Gasteiger partial charge in [-0.3, -0.25) is 0 Å². The van der Waals surface area contributed by atoms with E-state index in [9.17, 15) is 8.78 Å². The molecule has 2 aromatic carbocycles. The first-order valence-corrected chi connectivity index (χ1v) is 5.46. The molecule has 0 fully saturated rings. The maximum absolute atomic E-state index is 13.7. The highest BCUT2D eigenvalue weighted by atomic mass is 19.1. The van der Waals surface area contributed by atoms with Gasteiger partial charge in [-0.1, -0.05) is 12.1 Å². The van der Waals surface area contributed by atoms with E-state index in [-0.39, 0.29) is 11.3 Å². The minimum absolute atomic E-state index is 0.0893. The minimum atomic E-state index is -0.565. The van der Waals surface area contributed by atoms with Gasteiger partial charge in [-0.25, -0.2) is 8.78 Å². The zero-order valence-electron chi connectivity index (χ0n) is 9.91. The summed E-state index contributed by atoms with van der Waals surface area (Å²) < 4.78 is 31.9. The molecule has 0 radical (unpaired) electrons. The van der Waals surface area contributed by atoms with E-state index in [1.165, 1.54) is 7.11 Å². The fourth-order valence-corrected chi connectivity index (χ4v) is 1.72. The Hall–Kier alpha value is -2.10.